The second-order valence-electron chi connectivity index (χ2n) is 8.27. The van der Waals surface area contributed by atoms with Crippen molar-refractivity contribution in [1.82, 2.24) is 20.0 Å². The zero-order valence-corrected chi connectivity index (χ0v) is 19.6. The molecule has 1 saturated heterocycles. The fraction of sp³-hybridized carbons (Fsp3) is 0.231. The number of nitrogens with one attached hydrogen (secondary N) is 1. The Morgan fingerprint density at radius 1 is 0.971 bits per heavy atom. The molecule has 1 amide bonds. The molecule has 1 aliphatic heterocycles. The SMILES string of the molecule is COc1ccc(Nc2cc(C)nc(N3CCN(C(=O)c4cc(-c5ccccc5)on4)CC3)n2)cc1. The van der Waals surface area contributed by atoms with Gasteiger partial charge in [-0.2, -0.15) is 4.98 Å². The molecule has 0 atom stereocenters. The number of carbonyl (C=O) groups is 1. The highest BCUT2D eigenvalue weighted by Crippen LogP contribution is 2.23. The van der Waals surface area contributed by atoms with Crippen LogP contribution in [-0.4, -0.2) is 59.2 Å². The maximum Gasteiger partial charge on any atom is 0.276 e. The Kier molecular flexibility index (Phi) is 6.30. The van der Waals surface area contributed by atoms with Crippen molar-refractivity contribution >= 4 is 23.4 Å². The van der Waals surface area contributed by atoms with Gasteiger partial charge in [-0.05, 0) is 31.2 Å². The van der Waals surface area contributed by atoms with Gasteiger partial charge in [0.2, 0.25) is 5.95 Å². The summed E-state index contributed by atoms with van der Waals surface area (Å²) in [7, 11) is 1.64. The lowest BCUT2D eigenvalue weighted by molar-refractivity contribution is 0.0736. The van der Waals surface area contributed by atoms with E-state index in [-0.39, 0.29) is 5.91 Å². The molecule has 0 radical (unpaired) electrons. The smallest absolute Gasteiger partial charge is 0.276 e. The summed E-state index contributed by atoms with van der Waals surface area (Å²) in [5.41, 5.74) is 2.97. The van der Waals surface area contributed by atoms with Crippen LogP contribution < -0.4 is 15.0 Å². The molecule has 9 heteroatoms. The molecule has 178 valence electrons. The molecule has 0 spiro atoms. The van der Waals surface area contributed by atoms with E-state index in [9.17, 15) is 4.79 Å². The minimum atomic E-state index is -0.136. The summed E-state index contributed by atoms with van der Waals surface area (Å²) in [5, 5.41) is 7.32. The third-order valence-electron chi connectivity index (χ3n) is 5.84. The van der Waals surface area contributed by atoms with Gasteiger partial charge in [-0.15, -0.1) is 0 Å². The molecule has 0 saturated carbocycles. The Balaban J connectivity index is 1.23. The number of anilines is 3. The molecule has 0 aliphatic carbocycles. The molecular weight excluding hydrogens is 444 g/mol. The first kappa shape index (κ1) is 22.4. The van der Waals surface area contributed by atoms with Crippen molar-refractivity contribution in [2.24, 2.45) is 0 Å². The molecule has 0 bridgehead atoms. The van der Waals surface area contributed by atoms with Crippen molar-refractivity contribution in [2.75, 3.05) is 43.5 Å². The molecule has 2 aromatic heterocycles. The molecule has 9 nitrogen and oxygen atoms in total. The second-order valence-corrected chi connectivity index (χ2v) is 8.27. The maximum atomic E-state index is 13.0. The molecule has 0 unspecified atom stereocenters. The lowest BCUT2D eigenvalue weighted by Gasteiger charge is -2.34. The summed E-state index contributed by atoms with van der Waals surface area (Å²) < 4.78 is 10.6. The number of benzene rings is 2. The highest BCUT2D eigenvalue weighted by Gasteiger charge is 2.26. The van der Waals surface area contributed by atoms with Crippen molar-refractivity contribution in [3.8, 4) is 17.1 Å². The van der Waals surface area contributed by atoms with Gasteiger partial charge in [0.1, 0.15) is 11.6 Å². The first-order valence-corrected chi connectivity index (χ1v) is 11.4. The van der Waals surface area contributed by atoms with Crippen molar-refractivity contribution < 1.29 is 14.1 Å². The summed E-state index contributed by atoms with van der Waals surface area (Å²) in [6.07, 6.45) is 0. The van der Waals surface area contributed by atoms with Crippen LogP contribution in [0, 0.1) is 6.92 Å². The Hall–Kier alpha value is -4.40. The predicted octanol–water partition coefficient (Wildman–Crippen LogP) is 4.15. The van der Waals surface area contributed by atoms with E-state index in [4.69, 9.17) is 14.2 Å². The summed E-state index contributed by atoms with van der Waals surface area (Å²) in [6, 6.07) is 20.9. The minimum Gasteiger partial charge on any atom is -0.497 e. The largest absolute Gasteiger partial charge is 0.497 e. The third-order valence-corrected chi connectivity index (χ3v) is 5.84. The van der Waals surface area contributed by atoms with E-state index in [1.165, 1.54) is 0 Å². The van der Waals surface area contributed by atoms with Crippen LogP contribution >= 0.6 is 0 Å². The van der Waals surface area contributed by atoms with E-state index >= 15 is 0 Å². The number of nitrogens with zero attached hydrogens (tertiary/aromatic N) is 5. The van der Waals surface area contributed by atoms with Crippen molar-refractivity contribution in [2.45, 2.75) is 6.92 Å². The lowest BCUT2D eigenvalue weighted by Crippen LogP contribution is -2.49. The van der Waals surface area contributed by atoms with Crippen LogP contribution in [0.15, 0.2) is 71.3 Å². The van der Waals surface area contributed by atoms with Crippen molar-refractivity contribution in [1.29, 1.82) is 0 Å². The molecular formula is C26H26N6O3. The van der Waals surface area contributed by atoms with Gasteiger partial charge in [0.25, 0.3) is 5.91 Å². The van der Waals surface area contributed by atoms with E-state index in [0.29, 0.717) is 49.4 Å². The van der Waals surface area contributed by atoms with Crippen molar-refractivity contribution in [3.05, 3.63) is 78.1 Å². The maximum absolute atomic E-state index is 13.0. The van der Waals surface area contributed by atoms with Gasteiger partial charge in [-0.3, -0.25) is 4.79 Å². The van der Waals surface area contributed by atoms with Crippen LogP contribution in [0.25, 0.3) is 11.3 Å². The van der Waals surface area contributed by atoms with Crippen LogP contribution in [-0.2, 0) is 0 Å². The highest BCUT2D eigenvalue weighted by atomic mass is 16.5. The average molecular weight is 471 g/mol. The zero-order valence-electron chi connectivity index (χ0n) is 19.6. The van der Waals surface area contributed by atoms with E-state index < -0.39 is 0 Å². The fourth-order valence-corrected chi connectivity index (χ4v) is 3.97. The monoisotopic (exact) mass is 470 g/mol. The number of hydrogen-bond acceptors (Lipinski definition) is 8. The van der Waals surface area contributed by atoms with Gasteiger partial charge in [0.15, 0.2) is 11.5 Å². The summed E-state index contributed by atoms with van der Waals surface area (Å²) >= 11 is 0. The molecule has 5 rings (SSSR count). The predicted molar refractivity (Wildman–Crippen MR) is 133 cm³/mol. The topological polar surface area (TPSA) is 96.6 Å². The number of methoxy groups -OCH3 is 1. The molecule has 4 aromatic rings. The Labute approximate surface area is 203 Å². The number of amides is 1. The molecule has 1 fully saturated rings. The highest BCUT2D eigenvalue weighted by molar-refractivity contribution is 5.93. The quantitative estimate of drug-likeness (QED) is 0.449. The Bertz CT molecular complexity index is 1300. The van der Waals surface area contributed by atoms with E-state index in [2.05, 4.69) is 20.4 Å². The Morgan fingerprint density at radius 2 is 1.71 bits per heavy atom. The van der Waals surface area contributed by atoms with E-state index in [1.807, 2.05) is 67.6 Å². The van der Waals surface area contributed by atoms with Crippen LogP contribution in [0.2, 0.25) is 0 Å². The van der Waals surface area contributed by atoms with Gasteiger partial charge < -0.3 is 24.4 Å². The Morgan fingerprint density at radius 3 is 2.43 bits per heavy atom. The summed E-state index contributed by atoms with van der Waals surface area (Å²) in [6.45, 7) is 4.29. The summed E-state index contributed by atoms with van der Waals surface area (Å²) in [4.78, 5) is 26.2. The number of rotatable bonds is 6. The lowest BCUT2D eigenvalue weighted by atomic mass is 10.1. The third kappa shape index (κ3) is 5.08. The van der Waals surface area contributed by atoms with Gasteiger partial charge in [0.05, 0.1) is 7.11 Å². The van der Waals surface area contributed by atoms with Crippen LogP contribution in [0.5, 0.6) is 5.75 Å². The number of aryl methyl sites for hydroxylation is 1. The first-order chi connectivity index (χ1) is 17.1. The van der Waals surface area contributed by atoms with Crippen LogP contribution in [0.3, 0.4) is 0 Å². The van der Waals surface area contributed by atoms with Gasteiger partial charge in [-0.25, -0.2) is 4.98 Å². The molecule has 35 heavy (non-hydrogen) atoms. The first-order valence-electron chi connectivity index (χ1n) is 11.4. The zero-order chi connectivity index (χ0) is 24.2. The van der Waals surface area contributed by atoms with E-state index in [0.717, 1.165) is 22.7 Å². The number of aromatic nitrogens is 3. The number of ether oxygens (including phenoxy) is 1. The van der Waals surface area contributed by atoms with Crippen LogP contribution in [0.4, 0.5) is 17.5 Å². The van der Waals surface area contributed by atoms with Crippen LogP contribution in [0.1, 0.15) is 16.2 Å². The second kappa shape index (κ2) is 9.84. The van der Waals surface area contributed by atoms with Crippen molar-refractivity contribution in [3.63, 3.8) is 0 Å². The molecule has 2 aromatic carbocycles. The molecule has 3 heterocycles. The minimum absolute atomic E-state index is 0.136. The molecule has 1 N–H and O–H groups in total. The van der Waals surface area contributed by atoms with Gasteiger partial charge in [0, 0.05) is 55.3 Å². The molecule has 1 aliphatic rings. The fourth-order valence-electron chi connectivity index (χ4n) is 3.97. The summed E-state index contributed by atoms with van der Waals surface area (Å²) in [5.74, 6) is 2.60. The normalized spacial score (nSPS) is 13.5. The number of piperazine rings is 1. The van der Waals surface area contributed by atoms with E-state index in [1.54, 1.807) is 18.1 Å². The van der Waals surface area contributed by atoms with Gasteiger partial charge in [-0.1, -0.05) is 35.5 Å². The number of carbonyl (C=O) groups excluding carboxylic acids is 1. The van der Waals surface area contributed by atoms with Gasteiger partial charge >= 0.3 is 0 Å². The number of hydrogen-bond donors (Lipinski definition) is 1. The standard InChI is InChI=1S/C26H26N6O3/c1-18-16-24(28-20-8-10-21(34-2)11-9-20)29-26(27-18)32-14-12-31(13-15-32)25(33)22-17-23(35-30-22)19-6-4-3-5-7-19/h3-11,16-17H,12-15H2,1-2H3,(H,27,28,29). The average Bonchev–Trinajstić information content (AvgIpc) is 3.39.